The minimum absolute atomic E-state index is 0.220. The Labute approximate surface area is 105 Å². The van der Waals surface area contributed by atoms with E-state index in [1.54, 1.807) is 28.7 Å². The van der Waals surface area contributed by atoms with E-state index in [0.29, 0.717) is 12.2 Å². The first-order valence-corrected chi connectivity index (χ1v) is 5.59. The largest absolute Gasteiger partial charge is 0.354 e. The maximum atomic E-state index is 11.5. The van der Waals surface area contributed by atoms with Crippen LogP contribution in [0.15, 0.2) is 12.3 Å². The molecule has 0 aliphatic heterocycles. The van der Waals surface area contributed by atoms with Gasteiger partial charge in [0.1, 0.15) is 0 Å². The Hall–Kier alpha value is -2.15. The first-order valence-electron chi connectivity index (χ1n) is 5.59. The Morgan fingerprint density at radius 1 is 1.50 bits per heavy atom. The molecule has 0 radical (unpaired) electrons. The molecule has 3 N–H and O–H groups in total. The van der Waals surface area contributed by atoms with Crippen molar-refractivity contribution in [3.63, 3.8) is 0 Å². The summed E-state index contributed by atoms with van der Waals surface area (Å²) in [6, 6.07) is 1.65. The minimum Gasteiger partial charge on any atom is -0.354 e. The zero-order valence-electron chi connectivity index (χ0n) is 10.6. The Balaban J connectivity index is 2.49. The third-order valence-corrected chi connectivity index (χ3v) is 2.78. The van der Waals surface area contributed by atoms with Crippen molar-refractivity contribution in [3.05, 3.63) is 29.2 Å². The normalized spacial score (nSPS) is 10.7. The van der Waals surface area contributed by atoms with Crippen LogP contribution in [0.1, 0.15) is 21.7 Å². The van der Waals surface area contributed by atoms with Crippen LogP contribution in [-0.2, 0) is 13.6 Å². The quantitative estimate of drug-likeness (QED) is 0.782. The van der Waals surface area contributed by atoms with Crippen LogP contribution < -0.4 is 11.1 Å². The molecule has 1 amide bonds. The van der Waals surface area contributed by atoms with Gasteiger partial charge in [-0.1, -0.05) is 0 Å². The highest BCUT2D eigenvalue weighted by Gasteiger charge is 2.16. The van der Waals surface area contributed by atoms with Gasteiger partial charge in [-0.25, -0.2) is 4.68 Å². The number of aromatic nitrogens is 4. The van der Waals surface area contributed by atoms with Crippen LogP contribution in [-0.4, -0.2) is 32.5 Å². The van der Waals surface area contributed by atoms with E-state index in [-0.39, 0.29) is 5.91 Å². The van der Waals surface area contributed by atoms with Crippen molar-refractivity contribution in [2.45, 2.75) is 13.5 Å². The molecule has 2 aromatic rings. The SMILES string of the molecule is CNC(=O)c1ccn(-c2c(CN)c(C)nn2C)n1. The molecule has 0 atom stereocenters. The molecule has 0 spiro atoms. The molecule has 0 saturated carbocycles. The maximum absolute atomic E-state index is 11.5. The van der Waals surface area contributed by atoms with Crippen LogP contribution in [0, 0.1) is 6.92 Å². The van der Waals surface area contributed by atoms with E-state index in [4.69, 9.17) is 5.73 Å². The van der Waals surface area contributed by atoms with Crippen molar-refractivity contribution < 1.29 is 4.79 Å². The van der Waals surface area contributed by atoms with Gasteiger partial charge in [0.05, 0.1) is 5.69 Å². The Kier molecular flexibility index (Phi) is 3.15. The van der Waals surface area contributed by atoms with Crippen molar-refractivity contribution in [2.75, 3.05) is 7.05 Å². The summed E-state index contributed by atoms with van der Waals surface area (Å²) in [5.74, 6) is 0.562. The van der Waals surface area contributed by atoms with Gasteiger partial charge in [-0.05, 0) is 13.0 Å². The van der Waals surface area contributed by atoms with Gasteiger partial charge in [0.15, 0.2) is 11.5 Å². The number of amides is 1. The molecular formula is C11H16N6O. The molecule has 96 valence electrons. The molecular weight excluding hydrogens is 232 g/mol. The molecule has 0 bridgehead atoms. The third kappa shape index (κ3) is 1.88. The van der Waals surface area contributed by atoms with E-state index < -0.39 is 0 Å². The van der Waals surface area contributed by atoms with Gasteiger partial charge < -0.3 is 11.1 Å². The summed E-state index contributed by atoms with van der Waals surface area (Å²) in [5.41, 5.74) is 7.87. The standard InChI is InChI=1S/C11H16N6O/c1-7-8(6-12)11(16(3)14-7)17-5-4-9(15-17)10(18)13-2/h4-5H,6,12H2,1-3H3,(H,13,18). The number of carbonyl (C=O) groups is 1. The second-order valence-corrected chi connectivity index (χ2v) is 3.94. The van der Waals surface area contributed by atoms with Crippen molar-refractivity contribution in [3.8, 4) is 5.82 Å². The number of hydrogen-bond donors (Lipinski definition) is 2. The molecule has 0 aliphatic carbocycles. The van der Waals surface area contributed by atoms with Crippen molar-refractivity contribution in [1.82, 2.24) is 24.9 Å². The highest BCUT2D eigenvalue weighted by Crippen LogP contribution is 2.16. The fraction of sp³-hybridized carbons (Fsp3) is 0.364. The summed E-state index contributed by atoms with van der Waals surface area (Å²) < 4.78 is 3.32. The number of nitrogens with one attached hydrogen (secondary N) is 1. The van der Waals surface area contributed by atoms with Crippen molar-refractivity contribution in [2.24, 2.45) is 12.8 Å². The van der Waals surface area contributed by atoms with Crippen molar-refractivity contribution >= 4 is 5.91 Å². The smallest absolute Gasteiger partial charge is 0.271 e. The van der Waals surface area contributed by atoms with Gasteiger partial charge in [-0.3, -0.25) is 9.48 Å². The van der Waals surface area contributed by atoms with Gasteiger partial charge in [0.2, 0.25) is 0 Å². The Morgan fingerprint density at radius 2 is 2.22 bits per heavy atom. The van der Waals surface area contributed by atoms with Crippen LogP contribution in [0.4, 0.5) is 0 Å². The average Bonchev–Trinajstić information content (AvgIpc) is 2.92. The zero-order valence-corrected chi connectivity index (χ0v) is 10.6. The van der Waals surface area contributed by atoms with E-state index >= 15 is 0 Å². The van der Waals surface area contributed by atoms with E-state index in [2.05, 4.69) is 15.5 Å². The van der Waals surface area contributed by atoms with Crippen LogP contribution in [0.2, 0.25) is 0 Å². The predicted molar refractivity (Wildman–Crippen MR) is 66.3 cm³/mol. The minimum atomic E-state index is -0.220. The first kappa shape index (κ1) is 12.3. The number of rotatable bonds is 3. The van der Waals surface area contributed by atoms with Crippen LogP contribution in [0.5, 0.6) is 0 Å². The molecule has 0 fully saturated rings. The maximum Gasteiger partial charge on any atom is 0.271 e. The molecule has 0 aliphatic rings. The Morgan fingerprint density at radius 3 is 2.83 bits per heavy atom. The first-order chi connectivity index (χ1) is 8.58. The highest BCUT2D eigenvalue weighted by molar-refractivity contribution is 5.91. The second-order valence-electron chi connectivity index (χ2n) is 3.94. The lowest BCUT2D eigenvalue weighted by Crippen LogP contribution is -2.19. The van der Waals surface area contributed by atoms with Gasteiger partial charge in [0, 0.05) is 32.4 Å². The molecule has 0 saturated heterocycles. The lowest BCUT2D eigenvalue weighted by Gasteiger charge is -2.04. The van der Waals surface area contributed by atoms with Gasteiger partial charge in [-0.2, -0.15) is 10.2 Å². The second kappa shape index (κ2) is 4.61. The van der Waals surface area contributed by atoms with Gasteiger partial charge in [0.25, 0.3) is 5.91 Å². The number of carbonyl (C=O) groups excluding carboxylic acids is 1. The molecule has 0 unspecified atom stereocenters. The topological polar surface area (TPSA) is 90.8 Å². The fourth-order valence-electron chi connectivity index (χ4n) is 1.91. The molecule has 7 heteroatoms. The monoisotopic (exact) mass is 248 g/mol. The Bertz CT molecular complexity index is 582. The number of nitrogens with zero attached hydrogens (tertiary/aromatic N) is 4. The van der Waals surface area contributed by atoms with Crippen LogP contribution >= 0.6 is 0 Å². The van der Waals surface area contributed by atoms with Gasteiger partial charge in [-0.15, -0.1) is 0 Å². The summed E-state index contributed by atoms with van der Waals surface area (Å²) in [7, 11) is 3.39. The molecule has 2 heterocycles. The summed E-state index contributed by atoms with van der Waals surface area (Å²) in [6.07, 6.45) is 1.72. The number of nitrogens with two attached hydrogens (primary N) is 1. The van der Waals surface area contributed by atoms with Crippen molar-refractivity contribution in [1.29, 1.82) is 0 Å². The third-order valence-electron chi connectivity index (χ3n) is 2.78. The molecule has 2 aromatic heterocycles. The van der Waals surface area contributed by atoms with E-state index in [1.165, 1.54) is 0 Å². The molecule has 2 rings (SSSR count). The average molecular weight is 248 g/mol. The highest BCUT2D eigenvalue weighted by atomic mass is 16.1. The summed E-state index contributed by atoms with van der Waals surface area (Å²) in [4.78, 5) is 11.5. The van der Waals surface area contributed by atoms with E-state index in [0.717, 1.165) is 17.1 Å². The van der Waals surface area contributed by atoms with Crippen LogP contribution in [0.3, 0.4) is 0 Å². The summed E-state index contributed by atoms with van der Waals surface area (Å²) >= 11 is 0. The fourth-order valence-corrected chi connectivity index (χ4v) is 1.91. The lowest BCUT2D eigenvalue weighted by atomic mass is 10.2. The van der Waals surface area contributed by atoms with Crippen LogP contribution in [0.25, 0.3) is 5.82 Å². The molecule has 18 heavy (non-hydrogen) atoms. The molecule has 7 nitrogen and oxygen atoms in total. The summed E-state index contributed by atoms with van der Waals surface area (Å²) in [6.45, 7) is 2.28. The number of aryl methyl sites for hydroxylation is 2. The summed E-state index contributed by atoms with van der Waals surface area (Å²) in [5, 5.41) is 11.1. The van der Waals surface area contributed by atoms with Gasteiger partial charge >= 0.3 is 0 Å². The zero-order chi connectivity index (χ0) is 13.3. The number of hydrogen-bond acceptors (Lipinski definition) is 4. The predicted octanol–water partition coefficient (Wildman–Crippen LogP) is -0.267. The van der Waals surface area contributed by atoms with E-state index in [9.17, 15) is 4.79 Å². The lowest BCUT2D eigenvalue weighted by molar-refractivity contribution is 0.0957. The molecule has 0 aromatic carbocycles. The van der Waals surface area contributed by atoms with E-state index in [1.807, 2.05) is 14.0 Å².